The van der Waals surface area contributed by atoms with E-state index in [-0.39, 0.29) is 12.2 Å². The van der Waals surface area contributed by atoms with Crippen LogP contribution in [0.5, 0.6) is 0 Å². The zero-order valence-electron chi connectivity index (χ0n) is 9.33. The first-order valence-electron chi connectivity index (χ1n) is 5.15. The maximum absolute atomic E-state index is 11.9. The molecule has 1 aromatic carbocycles. The number of rotatable bonds is 3. The first kappa shape index (κ1) is 11.2. The highest BCUT2D eigenvalue weighted by Gasteiger charge is 2.08. The van der Waals surface area contributed by atoms with Crippen molar-refractivity contribution in [3.63, 3.8) is 0 Å². The maximum Gasteiger partial charge on any atom is 0.333 e. The van der Waals surface area contributed by atoms with Gasteiger partial charge < -0.3 is 5.11 Å². The molecule has 0 unspecified atom stereocenters. The average Bonchev–Trinajstić information content (AvgIpc) is 2.61. The van der Waals surface area contributed by atoms with Gasteiger partial charge in [-0.2, -0.15) is 0 Å². The van der Waals surface area contributed by atoms with Gasteiger partial charge in [-0.3, -0.25) is 13.9 Å². The fraction of sp³-hybridized carbons (Fsp3) is 0.167. The van der Waals surface area contributed by atoms with Gasteiger partial charge in [0.15, 0.2) is 0 Å². The number of benzene rings is 1. The van der Waals surface area contributed by atoms with E-state index in [0.717, 1.165) is 15.8 Å². The van der Waals surface area contributed by atoms with Gasteiger partial charge in [0.25, 0.3) is 0 Å². The van der Waals surface area contributed by atoms with Gasteiger partial charge in [-0.1, -0.05) is 18.2 Å². The lowest BCUT2D eigenvalue weighted by Crippen LogP contribution is -2.26. The summed E-state index contributed by atoms with van der Waals surface area (Å²) in [5.41, 5.74) is 1.38. The molecule has 0 aliphatic heterocycles. The van der Waals surface area contributed by atoms with Gasteiger partial charge in [0.05, 0.1) is 5.69 Å². The number of carboxylic acids is 1. The van der Waals surface area contributed by atoms with Gasteiger partial charge in [-0.05, 0) is 18.6 Å². The molecule has 0 fully saturated rings. The molecule has 0 radical (unpaired) electrons. The number of aliphatic carboxylic acids is 1. The largest absolute Gasteiger partial charge is 0.480 e. The second-order valence-electron chi connectivity index (χ2n) is 3.76. The zero-order valence-corrected chi connectivity index (χ0v) is 9.33. The van der Waals surface area contributed by atoms with Crippen LogP contribution >= 0.6 is 0 Å². The predicted molar refractivity (Wildman–Crippen MR) is 62.4 cm³/mol. The van der Waals surface area contributed by atoms with E-state index < -0.39 is 5.97 Å². The van der Waals surface area contributed by atoms with Crippen molar-refractivity contribution in [1.29, 1.82) is 0 Å². The predicted octanol–water partition coefficient (Wildman–Crippen LogP) is 1.03. The van der Waals surface area contributed by atoms with Crippen LogP contribution in [-0.4, -0.2) is 20.2 Å². The smallest absolute Gasteiger partial charge is 0.333 e. The summed E-state index contributed by atoms with van der Waals surface area (Å²) in [6, 6.07) is 7.44. The lowest BCUT2D eigenvalue weighted by atomic mass is 10.2. The van der Waals surface area contributed by atoms with E-state index in [4.69, 9.17) is 5.11 Å². The third-order valence-electron chi connectivity index (χ3n) is 2.53. The van der Waals surface area contributed by atoms with E-state index in [2.05, 4.69) is 0 Å². The highest BCUT2D eigenvalue weighted by Crippen LogP contribution is 2.10. The van der Waals surface area contributed by atoms with E-state index in [9.17, 15) is 9.59 Å². The SMILES string of the molecule is Cc1ccccc1-n1ccn(CC(=O)O)c1=O. The van der Waals surface area contributed by atoms with Gasteiger partial charge >= 0.3 is 11.7 Å². The van der Waals surface area contributed by atoms with Gasteiger partial charge in [-0.25, -0.2) is 4.79 Å². The van der Waals surface area contributed by atoms with Crippen LogP contribution in [0.25, 0.3) is 5.69 Å². The van der Waals surface area contributed by atoms with Crippen LogP contribution in [0.15, 0.2) is 41.5 Å². The third-order valence-corrected chi connectivity index (χ3v) is 2.53. The molecule has 0 aliphatic rings. The molecular formula is C12H12N2O3. The highest BCUT2D eigenvalue weighted by atomic mass is 16.4. The van der Waals surface area contributed by atoms with E-state index in [1.807, 2.05) is 31.2 Å². The summed E-state index contributed by atoms with van der Waals surface area (Å²) in [5.74, 6) is -1.03. The molecule has 88 valence electrons. The molecule has 0 spiro atoms. The quantitative estimate of drug-likeness (QED) is 0.859. The number of aromatic nitrogens is 2. The normalized spacial score (nSPS) is 10.4. The number of carboxylic acid groups (broad SMARTS) is 1. The van der Waals surface area contributed by atoms with Crippen molar-refractivity contribution in [3.05, 3.63) is 52.7 Å². The molecule has 0 atom stereocenters. The Hall–Kier alpha value is -2.30. The van der Waals surface area contributed by atoms with E-state index in [0.29, 0.717) is 0 Å². The second kappa shape index (κ2) is 4.29. The average molecular weight is 232 g/mol. The molecule has 1 N–H and O–H groups in total. The molecule has 0 saturated heterocycles. The van der Waals surface area contributed by atoms with Gasteiger partial charge in [0.1, 0.15) is 6.54 Å². The zero-order chi connectivity index (χ0) is 12.4. The molecule has 2 rings (SSSR count). The number of hydrogen-bond acceptors (Lipinski definition) is 2. The Balaban J connectivity index is 2.48. The summed E-state index contributed by atoms with van der Waals surface area (Å²) in [5, 5.41) is 8.66. The van der Waals surface area contributed by atoms with Crippen LogP contribution in [0, 0.1) is 6.92 Å². The fourth-order valence-electron chi connectivity index (χ4n) is 1.70. The molecule has 5 nitrogen and oxygen atoms in total. The van der Waals surface area contributed by atoms with Crippen molar-refractivity contribution >= 4 is 5.97 Å². The first-order chi connectivity index (χ1) is 8.09. The highest BCUT2D eigenvalue weighted by molar-refractivity contribution is 5.66. The Morgan fingerprint density at radius 3 is 2.65 bits per heavy atom. The van der Waals surface area contributed by atoms with Crippen LogP contribution in [0.1, 0.15) is 5.56 Å². The number of nitrogens with zero attached hydrogens (tertiary/aromatic N) is 2. The van der Waals surface area contributed by atoms with Gasteiger partial charge in [-0.15, -0.1) is 0 Å². The van der Waals surface area contributed by atoms with Crippen molar-refractivity contribution < 1.29 is 9.90 Å². The molecular weight excluding hydrogens is 220 g/mol. The molecule has 0 aliphatic carbocycles. The van der Waals surface area contributed by atoms with Gasteiger partial charge in [0.2, 0.25) is 0 Å². The number of carbonyl (C=O) groups is 1. The molecule has 1 heterocycles. The van der Waals surface area contributed by atoms with E-state index in [1.54, 1.807) is 6.20 Å². The van der Waals surface area contributed by atoms with Crippen molar-refractivity contribution in [3.8, 4) is 5.69 Å². The minimum atomic E-state index is -1.03. The second-order valence-corrected chi connectivity index (χ2v) is 3.76. The minimum Gasteiger partial charge on any atom is -0.480 e. The van der Waals surface area contributed by atoms with Crippen molar-refractivity contribution in [2.45, 2.75) is 13.5 Å². The fourth-order valence-corrected chi connectivity index (χ4v) is 1.70. The Morgan fingerprint density at radius 2 is 2.00 bits per heavy atom. The van der Waals surface area contributed by atoms with Crippen LogP contribution in [-0.2, 0) is 11.3 Å². The molecule has 1 aromatic heterocycles. The van der Waals surface area contributed by atoms with Crippen LogP contribution < -0.4 is 5.69 Å². The molecule has 17 heavy (non-hydrogen) atoms. The van der Waals surface area contributed by atoms with Crippen molar-refractivity contribution in [2.24, 2.45) is 0 Å². The molecule has 5 heteroatoms. The minimum absolute atomic E-state index is 0.322. The van der Waals surface area contributed by atoms with E-state index in [1.165, 1.54) is 10.8 Å². The molecule has 0 bridgehead atoms. The number of hydrogen-bond donors (Lipinski definition) is 1. The number of aryl methyl sites for hydroxylation is 1. The summed E-state index contributed by atoms with van der Waals surface area (Å²) < 4.78 is 2.60. The first-order valence-corrected chi connectivity index (χ1v) is 5.15. The van der Waals surface area contributed by atoms with Crippen molar-refractivity contribution in [2.75, 3.05) is 0 Å². The summed E-state index contributed by atoms with van der Waals surface area (Å²) in [6.07, 6.45) is 3.05. The number of imidazole rings is 1. The summed E-state index contributed by atoms with van der Waals surface area (Å²) >= 11 is 0. The Bertz CT molecular complexity index is 610. The summed E-state index contributed by atoms with van der Waals surface area (Å²) in [4.78, 5) is 22.5. The Kier molecular flexibility index (Phi) is 2.82. The molecule has 0 saturated carbocycles. The van der Waals surface area contributed by atoms with Crippen molar-refractivity contribution in [1.82, 2.24) is 9.13 Å². The maximum atomic E-state index is 11.9. The molecule has 2 aromatic rings. The van der Waals surface area contributed by atoms with E-state index >= 15 is 0 Å². The number of para-hydroxylation sites is 1. The standard InChI is InChI=1S/C12H12N2O3/c1-9-4-2-3-5-10(9)14-7-6-13(12(14)17)8-11(15)16/h2-7H,8H2,1H3,(H,15,16). The Labute approximate surface area is 97.5 Å². The molecule has 0 amide bonds. The van der Waals surface area contributed by atoms with Crippen LogP contribution in [0.2, 0.25) is 0 Å². The third kappa shape index (κ3) is 2.13. The van der Waals surface area contributed by atoms with Crippen LogP contribution in [0.3, 0.4) is 0 Å². The lowest BCUT2D eigenvalue weighted by Gasteiger charge is -2.04. The Morgan fingerprint density at radius 1 is 1.29 bits per heavy atom. The van der Waals surface area contributed by atoms with Gasteiger partial charge in [0, 0.05) is 12.4 Å². The van der Waals surface area contributed by atoms with Crippen LogP contribution in [0.4, 0.5) is 0 Å². The topological polar surface area (TPSA) is 64.2 Å². The summed E-state index contributed by atoms with van der Waals surface area (Å²) in [7, 11) is 0. The lowest BCUT2D eigenvalue weighted by molar-refractivity contribution is -0.137. The summed E-state index contributed by atoms with van der Waals surface area (Å²) in [6.45, 7) is 1.58. The monoisotopic (exact) mass is 232 g/mol.